The molecule has 90 valence electrons. The molecule has 1 amide bonds. The average molecular weight is 389 g/mol. The zero-order valence-corrected chi connectivity index (χ0v) is 13.4. The minimum atomic E-state index is -0.788. The number of rotatable bonds is 5. The molecule has 1 unspecified atom stereocenters. The molecule has 1 heterocycles. The van der Waals surface area contributed by atoms with Crippen LogP contribution in [0.25, 0.3) is 0 Å². The van der Waals surface area contributed by atoms with Gasteiger partial charge in [0.15, 0.2) is 0 Å². The van der Waals surface area contributed by atoms with E-state index in [1.54, 1.807) is 12.3 Å². The van der Waals surface area contributed by atoms with E-state index in [0.717, 1.165) is 14.7 Å². The second kappa shape index (κ2) is 6.88. The van der Waals surface area contributed by atoms with Crippen molar-refractivity contribution in [3.63, 3.8) is 0 Å². The fourth-order valence-electron chi connectivity index (χ4n) is 1.02. The van der Waals surface area contributed by atoms with Gasteiger partial charge in [-0.15, -0.1) is 11.3 Å². The van der Waals surface area contributed by atoms with E-state index in [9.17, 15) is 9.00 Å². The van der Waals surface area contributed by atoms with Crippen LogP contribution in [0.3, 0.4) is 0 Å². The Bertz CT molecular complexity index is 387. The number of amides is 1. The number of thiophene rings is 1. The van der Waals surface area contributed by atoms with Gasteiger partial charge < -0.3 is 5.32 Å². The molecule has 0 aromatic carbocycles. The summed E-state index contributed by atoms with van der Waals surface area (Å²) in [5.41, 5.74) is 0. The zero-order valence-electron chi connectivity index (χ0n) is 8.59. The second-order valence-corrected chi connectivity index (χ2v) is 7.90. The highest BCUT2D eigenvalue weighted by Crippen LogP contribution is 2.32. The van der Waals surface area contributed by atoms with Crippen LogP contribution in [-0.2, 0) is 10.8 Å². The number of hydrogen-bond acceptors (Lipinski definition) is 3. The van der Waals surface area contributed by atoms with E-state index >= 15 is 0 Å². The van der Waals surface area contributed by atoms with Gasteiger partial charge >= 0.3 is 0 Å². The Labute approximate surface area is 118 Å². The molecule has 0 spiro atoms. The molecule has 16 heavy (non-hydrogen) atoms. The first-order valence-electron chi connectivity index (χ1n) is 4.53. The number of hydrogen-bond donors (Lipinski definition) is 1. The molecule has 0 saturated heterocycles. The standard InChI is InChI=1S/C9H11Br2NO2S2/c1-16(14)4-2-3-12-9(13)7-5-6(10)8(11)15-7/h5H,2-4H2,1H3,(H,12,13). The molecule has 1 aromatic heterocycles. The SMILES string of the molecule is CS(=O)CCCNC(=O)c1cc(Br)c(Br)s1. The molecule has 1 N–H and O–H groups in total. The first-order valence-corrected chi connectivity index (χ1v) is 8.66. The molecule has 0 aliphatic carbocycles. The summed E-state index contributed by atoms with van der Waals surface area (Å²) < 4.78 is 12.6. The molecule has 1 aromatic rings. The Morgan fingerprint density at radius 3 is 2.75 bits per heavy atom. The van der Waals surface area contributed by atoms with Crippen molar-refractivity contribution in [3.8, 4) is 0 Å². The second-order valence-electron chi connectivity index (χ2n) is 3.12. The zero-order chi connectivity index (χ0) is 12.1. The molecular formula is C9H11Br2NO2S2. The molecule has 0 fully saturated rings. The van der Waals surface area contributed by atoms with Crippen LogP contribution in [0.1, 0.15) is 16.1 Å². The summed E-state index contributed by atoms with van der Waals surface area (Å²) in [6.45, 7) is 0.561. The van der Waals surface area contributed by atoms with E-state index in [1.165, 1.54) is 11.3 Å². The van der Waals surface area contributed by atoms with Crippen LogP contribution in [0, 0.1) is 0 Å². The predicted molar refractivity (Wildman–Crippen MR) is 75.6 cm³/mol. The molecule has 0 radical (unpaired) electrons. The number of halogens is 2. The van der Waals surface area contributed by atoms with Crippen molar-refractivity contribution in [3.05, 3.63) is 19.2 Å². The fourth-order valence-corrected chi connectivity index (χ4v) is 3.53. The topological polar surface area (TPSA) is 46.2 Å². The summed E-state index contributed by atoms with van der Waals surface area (Å²) in [7, 11) is -0.788. The summed E-state index contributed by atoms with van der Waals surface area (Å²) in [5.74, 6) is 0.538. The summed E-state index contributed by atoms with van der Waals surface area (Å²) in [5, 5.41) is 2.79. The summed E-state index contributed by atoms with van der Waals surface area (Å²) in [6.07, 6.45) is 2.40. The lowest BCUT2D eigenvalue weighted by molar-refractivity contribution is 0.0958. The molecule has 7 heteroatoms. The average Bonchev–Trinajstić information content (AvgIpc) is 2.54. The van der Waals surface area contributed by atoms with E-state index in [2.05, 4.69) is 37.2 Å². The van der Waals surface area contributed by atoms with Crippen LogP contribution in [0.4, 0.5) is 0 Å². The van der Waals surface area contributed by atoms with Crippen molar-refractivity contribution < 1.29 is 9.00 Å². The van der Waals surface area contributed by atoms with Crippen molar-refractivity contribution in [2.75, 3.05) is 18.6 Å². The molecule has 1 atom stereocenters. The molecular weight excluding hydrogens is 378 g/mol. The molecule has 0 aliphatic rings. The third-order valence-electron chi connectivity index (χ3n) is 1.76. The van der Waals surface area contributed by atoms with Gasteiger partial charge in [-0.1, -0.05) is 0 Å². The molecule has 0 aliphatic heterocycles. The van der Waals surface area contributed by atoms with Crippen LogP contribution in [0.5, 0.6) is 0 Å². The van der Waals surface area contributed by atoms with Gasteiger partial charge in [-0.05, 0) is 44.3 Å². The Hall–Kier alpha value is 0.280. The normalized spacial score (nSPS) is 12.4. The molecule has 0 saturated carbocycles. The Kier molecular flexibility index (Phi) is 6.17. The van der Waals surface area contributed by atoms with Gasteiger partial charge in [-0.25, -0.2) is 0 Å². The van der Waals surface area contributed by atoms with Crippen molar-refractivity contribution in [2.24, 2.45) is 0 Å². The Morgan fingerprint density at radius 1 is 1.56 bits per heavy atom. The highest BCUT2D eigenvalue weighted by atomic mass is 79.9. The summed E-state index contributed by atoms with van der Waals surface area (Å²) >= 11 is 8.05. The number of carbonyl (C=O) groups excluding carboxylic acids is 1. The first kappa shape index (κ1) is 14.3. The van der Waals surface area contributed by atoms with Crippen LogP contribution in [0.2, 0.25) is 0 Å². The van der Waals surface area contributed by atoms with Gasteiger partial charge in [0.05, 0.1) is 8.66 Å². The molecule has 3 nitrogen and oxygen atoms in total. The Balaban J connectivity index is 2.38. The Morgan fingerprint density at radius 2 is 2.25 bits per heavy atom. The monoisotopic (exact) mass is 387 g/mol. The number of nitrogens with one attached hydrogen (secondary N) is 1. The predicted octanol–water partition coefficient (Wildman–Crippen LogP) is 2.77. The third-order valence-corrected chi connectivity index (χ3v) is 5.88. The largest absolute Gasteiger partial charge is 0.351 e. The van der Waals surface area contributed by atoms with Crippen molar-refractivity contribution >= 4 is 59.9 Å². The van der Waals surface area contributed by atoms with Gasteiger partial charge in [0.25, 0.3) is 5.91 Å². The highest BCUT2D eigenvalue weighted by molar-refractivity contribution is 9.13. The van der Waals surface area contributed by atoms with E-state index in [0.29, 0.717) is 17.2 Å². The van der Waals surface area contributed by atoms with Gasteiger partial charge in [0, 0.05) is 33.8 Å². The lowest BCUT2D eigenvalue weighted by Crippen LogP contribution is -2.24. The summed E-state index contributed by atoms with van der Waals surface area (Å²) in [4.78, 5) is 12.3. The first-order chi connectivity index (χ1) is 7.50. The van der Waals surface area contributed by atoms with Crippen LogP contribution in [0.15, 0.2) is 14.3 Å². The highest BCUT2D eigenvalue weighted by Gasteiger charge is 2.11. The minimum absolute atomic E-state index is 0.0849. The maximum atomic E-state index is 11.6. The maximum Gasteiger partial charge on any atom is 0.261 e. The lowest BCUT2D eigenvalue weighted by atomic mass is 10.4. The van der Waals surface area contributed by atoms with Gasteiger partial charge in [0.1, 0.15) is 0 Å². The van der Waals surface area contributed by atoms with Crippen LogP contribution in [-0.4, -0.2) is 28.7 Å². The molecule has 0 bridgehead atoms. The number of carbonyl (C=O) groups is 1. The summed E-state index contributed by atoms with van der Waals surface area (Å²) in [6, 6.07) is 1.78. The quantitative estimate of drug-likeness (QED) is 0.788. The van der Waals surface area contributed by atoms with Crippen LogP contribution >= 0.6 is 43.2 Å². The van der Waals surface area contributed by atoms with Crippen molar-refractivity contribution in [2.45, 2.75) is 6.42 Å². The van der Waals surface area contributed by atoms with Gasteiger partial charge in [-0.2, -0.15) is 0 Å². The van der Waals surface area contributed by atoms with Crippen molar-refractivity contribution in [1.29, 1.82) is 0 Å². The van der Waals surface area contributed by atoms with Gasteiger partial charge in [-0.3, -0.25) is 9.00 Å². The van der Waals surface area contributed by atoms with E-state index < -0.39 is 10.8 Å². The third kappa shape index (κ3) is 4.65. The van der Waals surface area contributed by atoms with E-state index in [1.807, 2.05) is 0 Å². The molecule has 1 rings (SSSR count). The lowest BCUT2D eigenvalue weighted by Gasteiger charge is -2.01. The van der Waals surface area contributed by atoms with E-state index in [-0.39, 0.29) is 5.91 Å². The minimum Gasteiger partial charge on any atom is -0.351 e. The smallest absolute Gasteiger partial charge is 0.261 e. The van der Waals surface area contributed by atoms with Crippen LogP contribution < -0.4 is 5.32 Å². The van der Waals surface area contributed by atoms with Crippen molar-refractivity contribution in [1.82, 2.24) is 5.32 Å². The van der Waals surface area contributed by atoms with E-state index in [4.69, 9.17) is 0 Å². The fraction of sp³-hybridized carbons (Fsp3) is 0.444. The van der Waals surface area contributed by atoms with Gasteiger partial charge in [0.2, 0.25) is 0 Å². The maximum absolute atomic E-state index is 11.6.